The molecular formula is C21H23F3N6O2. The lowest BCUT2D eigenvalue weighted by molar-refractivity contribution is 0.126. The molecule has 1 aliphatic carbocycles. The number of anilines is 3. The van der Waals surface area contributed by atoms with E-state index in [1.807, 2.05) is 0 Å². The van der Waals surface area contributed by atoms with Gasteiger partial charge >= 0.3 is 0 Å². The highest BCUT2D eigenvalue weighted by Gasteiger charge is 2.27. The highest BCUT2D eigenvalue weighted by atomic mass is 19.1. The Morgan fingerprint density at radius 3 is 2.69 bits per heavy atom. The van der Waals surface area contributed by atoms with Crippen molar-refractivity contribution in [2.45, 2.75) is 50.3 Å². The van der Waals surface area contributed by atoms with Crippen LogP contribution in [-0.2, 0) is 4.74 Å². The Morgan fingerprint density at radius 2 is 1.94 bits per heavy atom. The van der Waals surface area contributed by atoms with Crippen molar-refractivity contribution in [3.8, 4) is 0 Å². The molecule has 1 unspecified atom stereocenters. The molecule has 11 heteroatoms. The summed E-state index contributed by atoms with van der Waals surface area (Å²) in [6.45, 7) is 0.881. The number of ether oxygens (including phenoxy) is 1. The van der Waals surface area contributed by atoms with Gasteiger partial charge in [-0.15, -0.1) is 0 Å². The third kappa shape index (κ3) is 4.09. The number of benzene rings is 1. The second-order valence-corrected chi connectivity index (χ2v) is 8.15. The zero-order chi connectivity index (χ0) is 23.1. The molecule has 1 atom stereocenters. The van der Waals surface area contributed by atoms with Crippen LogP contribution in [0.2, 0.25) is 0 Å². The van der Waals surface area contributed by atoms with E-state index in [-0.39, 0.29) is 24.1 Å². The summed E-state index contributed by atoms with van der Waals surface area (Å²) in [5.74, 6) is -3.32. The van der Waals surface area contributed by atoms with Crippen molar-refractivity contribution in [2.24, 2.45) is 0 Å². The average molecular weight is 449 g/mol. The number of aliphatic hydroxyl groups is 1. The Morgan fingerprint density at radius 1 is 1.12 bits per heavy atom. The van der Waals surface area contributed by atoms with Crippen LogP contribution in [0.1, 0.15) is 39.5 Å². The Hall–Kier alpha value is -2.92. The topological polar surface area (TPSA) is 97.1 Å². The number of halogens is 3. The van der Waals surface area contributed by atoms with Crippen molar-refractivity contribution in [3.05, 3.63) is 35.8 Å². The van der Waals surface area contributed by atoms with E-state index in [1.165, 1.54) is 6.20 Å². The molecule has 5 rings (SSSR count). The summed E-state index contributed by atoms with van der Waals surface area (Å²) in [7, 11) is 0. The highest BCUT2D eigenvalue weighted by Crippen LogP contribution is 2.32. The molecule has 1 saturated heterocycles. The monoisotopic (exact) mass is 449 g/mol. The zero-order valence-corrected chi connectivity index (χ0v) is 17.1. The minimum atomic E-state index is -1.35. The van der Waals surface area contributed by atoms with E-state index in [4.69, 9.17) is 6.11 Å². The lowest BCUT2D eigenvalue weighted by Crippen LogP contribution is -2.29. The predicted molar refractivity (Wildman–Crippen MR) is 111 cm³/mol. The van der Waals surface area contributed by atoms with Crippen LogP contribution in [0.15, 0.2) is 18.3 Å². The fourth-order valence-electron chi connectivity index (χ4n) is 4.24. The molecule has 170 valence electrons. The second kappa shape index (κ2) is 8.55. The maximum absolute atomic E-state index is 14.5. The fourth-order valence-corrected chi connectivity index (χ4v) is 4.24. The molecular weight excluding hydrogens is 425 g/mol. The van der Waals surface area contributed by atoms with Gasteiger partial charge in [0.2, 0.25) is 11.9 Å². The smallest absolute Gasteiger partial charge is 0.224 e. The van der Waals surface area contributed by atoms with Crippen molar-refractivity contribution in [1.82, 2.24) is 19.5 Å². The van der Waals surface area contributed by atoms with Gasteiger partial charge in [-0.05, 0) is 32.1 Å². The van der Waals surface area contributed by atoms with Crippen molar-refractivity contribution in [3.63, 3.8) is 0 Å². The Labute approximate surface area is 183 Å². The number of aromatic nitrogens is 4. The lowest BCUT2D eigenvalue weighted by atomic mass is 9.93. The second-order valence-electron chi connectivity index (χ2n) is 8.15. The molecule has 0 amide bonds. The minimum Gasteiger partial charge on any atom is -0.393 e. The minimum absolute atomic E-state index is 0.0940. The normalized spacial score (nSPS) is 24.0. The summed E-state index contributed by atoms with van der Waals surface area (Å²) in [6.07, 6.45) is 4.89. The van der Waals surface area contributed by atoms with Gasteiger partial charge in [0.1, 0.15) is 17.0 Å². The van der Waals surface area contributed by atoms with E-state index in [1.54, 1.807) is 4.57 Å². The fraction of sp³-hybridized carbons (Fsp3) is 0.476. The predicted octanol–water partition coefficient (Wildman–Crippen LogP) is 3.66. The quantitative estimate of drug-likeness (QED) is 0.547. The molecule has 3 aromatic rings. The highest BCUT2D eigenvalue weighted by molar-refractivity contribution is 5.76. The molecule has 1 aliphatic heterocycles. The van der Waals surface area contributed by atoms with Crippen molar-refractivity contribution in [1.29, 1.82) is 0 Å². The van der Waals surface area contributed by atoms with E-state index in [2.05, 4.69) is 25.6 Å². The molecule has 3 heterocycles. The molecule has 1 aromatic carbocycles. The molecule has 0 radical (unpaired) electrons. The van der Waals surface area contributed by atoms with E-state index in [0.717, 1.165) is 12.8 Å². The average Bonchev–Trinajstić information content (AvgIpc) is 3.44. The van der Waals surface area contributed by atoms with Gasteiger partial charge in [-0.1, -0.05) is 0 Å². The number of nitrogens with zero attached hydrogens (tertiary/aromatic N) is 4. The van der Waals surface area contributed by atoms with E-state index < -0.39 is 29.2 Å². The molecule has 0 spiro atoms. The number of fused-ring (bicyclic) bond motifs is 1. The Bertz CT molecular complexity index is 1180. The first kappa shape index (κ1) is 19.7. The van der Waals surface area contributed by atoms with Gasteiger partial charge in [0.15, 0.2) is 17.3 Å². The number of nitrogens with one attached hydrogen (secondary N) is 2. The summed E-state index contributed by atoms with van der Waals surface area (Å²) >= 11 is 0. The SMILES string of the molecule is [2H]c1c(F)cc(F)c(Nc2nc3cnc(NC4CCC(O)CC4)nc3n2C2CCOC2)c1F. The van der Waals surface area contributed by atoms with Gasteiger partial charge < -0.3 is 20.5 Å². The number of imidazole rings is 1. The summed E-state index contributed by atoms with van der Waals surface area (Å²) in [6, 6.07) is -0.628. The van der Waals surface area contributed by atoms with Crippen molar-refractivity contribution in [2.75, 3.05) is 23.8 Å². The van der Waals surface area contributed by atoms with Gasteiger partial charge in [-0.3, -0.25) is 4.57 Å². The lowest BCUT2D eigenvalue weighted by Gasteiger charge is -2.26. The van der Waals surface area contributed by atoms with Gasteiger partial charge in [0.25, 0.3) is 0 Å². The third-order valence-corrected chi connectivity index (χ3v) is 5.91. The van der Waals surface area contributed by atoms with Gasteiger partial charge in [0.05, 0.1) is 26.3 Å². The zero-order valence-electron chi connectivity index (χ0n) is 18.1. The van der Waals surface area contributed by atoms with Crippen LogP contribution in [0, 0.1) is 17.5 Å². The van der Waals surface area contributed by atoms with Gasteiger partial charge in [0, 0.05) is 24.8 Å². The van der Waals surface area contributed by atoms with Crippen molar-refractivity contribution < 1.29 is 24.4 Å². The molecule has 0 bridgehead atoms. The third-order valence-electron chi connectivity index (χ3n) is 5.91. The first-order valence-corrected chi connectivity index (χ1v) is 10.6. The molecule has 2 aliphatic rings. The first-order valence-electron chi connectivity index (χ1n) is 11.1. The number of hydrogen-bond acceptors (Lipinski definition) is 7. The molecule has 32 heavy (non-hydrogen) atoms. The maximum atomic E-state index is 14.5. The summed E-state index contributed by atoms with van der Waals surface area (Å²) in [5, 5.41) is 15.6. The maximum Gasteiger partial charge on any atom is 0.224 e. The number of hydrogen-bond donors (Lipinski definition) is 3. The summed E-state index contributed by atoms with van der Waals surface area (Å²) < 4.78 is 57.0. The Balaban J connectivity index is 1.52. The van der Waals surface area contributed by atoms with Gasteiger partial charge in [-0.2, -0.15) is 4.98 Å². The van der Waals surface area contributed by atoms with Gasteiger partial charge in [-0.25, -0.2) is 23.1 Å². The van der Waals surface area contributed by atoms with E-state index in [0.29, 0.717) is 55.7 Å². The number of rotatable bonds is 5. The van der Waals surface area contributed by atoms with Crippen LogP contribution in [0.3, 0.4) is 0 Å². The van der Waals surface area contributed by atoms with Crippen LogP contribution in [-0.4, -0.2) is 50.0 Å². The van der Waals surface area contributed by atoms with Crippen molar-refractivity contribution >= 4 is 28.7 Å². The first-order chi connectivity index (χ1) is 15.9. The molecule has 2 aromatic heterocycles. The van der Waals surface area contributed by atoms with Crippen LogP contribution in [0.4, 0.5) is 30.8 Å². The standard InChI is InChI=1S/C21H23F3N6O2/c22-11-7-15(23)18(16(24)8-11)28-21-27-17-9-25-20(26-12-1-3-14(31)4-2-12)29-19(17)30(21)13-5-6-32-10-13/h7-9,12-14,31H,1-6,10H2,(H,27,28)(H,25,26,29)/i7D. The van der Waals surface area contributed by atoms with Crippen LogP contribution in [0.5, 0.6) is 0 Å². The molecule has 3 N–H and O–H groups in total. The summed E-state index contributed by atoms with van der Waals surface area (Å²) in [4.78, 5) is 13.3. The molecule has 2 fully saturated rings. The van der Waals surface area contributed by atoms with Crippen LogP contribution >= 0.6 is 0 Å². The largest absolute Gasteiger partial charge is 0.393 e. The van der Waals surface area contributed by atoms with E-state index in [9.17, 15) is 18.3 Å². The summed E-state index contributed by atoms with van der Waals surface area (Å²) in [5.41, 5.74) is 0.197. The number of aliphatic hydroxyl groups excluding tert-OH is 1. The van der Waals surface area contributed by atoms with E-state index >= 15 is 0 Å². The van der Waals surface area contributed by atoms with Crippen LogP contribution in [0.25, 0.3) is 11.2 Å². The Kier molecular flexibility index (Phi) is 5.27. The molecule has 8 nitrogen and oxygen atoms in total. The molecule has 1 saturated carbocycles. The van der Waals surface area contributed by atoms with Crippen LogP contribution < -0.4 is 10.6 Å².